The van der Waals surface area contributed by atoms with Crippen molar-refractivity contribution >= 4 is 16.8 Å². The van der Waals surface area contributed by atoms with E-state index in [2.05, 4.69) is 20.4 Å². The fourth-order valence-corrected chi connectivity index (χ4v) is 3.58. The van der Waals surface area contributed by atoms with E-state index in [1.54, 1.807) is 6.20 Å². The van der Waals surface area contributed by atoms with Crippen molar-refractivity contribution in [3.63, 3.8) is 0 Å². The van der Waals surface area contributed by atoms with Crippen LogP contribution in [0.4, 0.5) is 0 Å². The van der Waals surface area contributed by atoms with Gasteiger partial charge in [-0.25, -0.2) is 0 Å². The maximum atomic E-state index is 12.6. The summed E-state index contributed by atoms with van der Waals surface area (Å²) in [4.78, 5) is 15.1. The summed E-state index contributed by atoms with van der Waals surface area (Å²) in [5.74, 6) is 0.0194. The second-order valence-electron chi connectivity index (χ2n) is 6.18. The molecule has 0 aliphatic carbocycles. The molecule has 3 heterocycles. The second kappa shape index (κ2) is 5.15. The Hall–Kier alpha value is -1.88. The molecule has 2 fully saturated rings. The predicted octanol–water partition coefficient (Wildman–Crippen LogP) is 1.92. The Balaban J connectivity index is 1.51. The van der Waals surface area contributed by atoms with Gasteiger partial charge in [-0.15, -0.1) is 0 Å². The fraction of sp³-hybridized carbons (Fsp3) is 0.500. The molecule has 2 aliphatic rings. The van der Waals surface area contributed by atoms with Gasteiger partial charge in [0.25, 0.3) is 5.91 Å². The molecule has 2 aliphatic heterocycles. The van der Waals surface area contributed by atoms with Gasteiger partial charge in [-0.2, -0.15) is 5.10 Å². The van der Waals surface area contributed by atoms with E-state index in [4.69, 9.17) is 0 Å². The number of aromatic nitrogens is 2. The third-order valence-electron chi connectivity index (χ3n) is 4.88. The van der Waals surface area contributed by atoms with Crippen molar-refractivity contribution in [2.45, 2.75) is 37.8 Å². The van der Waals surface area contributed by atoms with E-state index in [1.807, 2.05) is 18.2 Å². The summed E-state index contributed by atoms with van der Waals surface area (Å²) < 4.78 is 0. The summed E-state index contributed by atoms with van der Waals surface area (Å²) in [5, 5.41) is 11.0. The number of benzene rings is 1. The molecule has 1 aromatic heterocycles. The Labute approximate surface area is 123 Å². The topological polar surface area (TPSA) is 61.0 Å². The first kappa shape index (κ1) is 12.8. The zero-order valence-corrected chi connectivity index (χ0v) is 12.0. The molecule has 0 spiro atoms. The number of carbonyl (C=O) groups excluding carboxylic acids is 1. The molecule has 5 heteroatoms. The van der Waals surface area contributed by atoms with Crippen molar-refractivity contribution in [1.29, 1.82) is 0 Å². The van der Waals surface area contributed by atoms with Gasteiger partial charge in [0.15, 0.2) is 0 Å². The van der Waals surface area contributed by atoms with Crippen molar-refractivity contribution < 1.29 is 4.79 Å². The molecule has 1 amide bonds. The molecule has 0 saturated carbocycles. The molecule has 2 saturated heterocycles. The Morgan fingerprint density at radius 3 is 3.14 bits per heavy atom. The lowest BCUT2D eigenvalue weighted by atomic mass is 10.00. The number of nitrogens with one attached hydrogen (secondary N) is 2. The third kappa shape index (κ3) is 2.31. The molecule has 0 radical (unpaired) electrons. The maximum absolute atomic E-state index is 12.6. The van der Waals surface area contributed by atoms with Crippen LogP contribution in [0.1, 0.15) is 36.0 Å². The lowest BCUT2D eigenvalue weighted by molar-refractivity contribution is 0.0789. The number of hydrogen-bond acceptors (Lipinski definition) is 3. The average molecular weight is 284 g/mol. The molecular formula is C16H20N4O. The van der Waals surface area contributed by atoms with Crippen LogP contribution in [0.25, 0.3) is 10.9 Å². The molecule has 2 aromatic rings. The quantitative estimate of drug-likeness (QED) is 0.885. The van der Waals surface area contributed by atoms with Crippen LogP contribution < -0.4 is 5.32 Å². The minimum absolute atomic E-state index is 0.0194. The molecule has 0 bridgehead atoms. The van der Waals surface area contributed by atoms with Gasteiger partial charge in [0.05, 0.1) is 17.3 Å². The van der Waals surface area contributed by atoms with E-state index in [1.165, 1.54) is 25.8 Å². The average Bonchev–Trinajstić information content (AvgIpc) is 2.90. The monoisotopic (exact) mass is 284 g/mol. The van der Waals surface area contributed by atoms with Crippen molar-refractivity contribution in [2.24, 2.45) is 0 Å². The van der Waals surface area contributed by atoms with Crippen LogP contribution in [0.5, 0.6) is 0 Å². The third-order valence-corrected chi connectivity index (χ3v) is 4.88. The molecule has 110 valence electrons. The van der Waals surface area contributed by atoms with E-state index < -0.39 is 0 Å². The molecule has 2 atom stereocenters. The van der Waals surface area contributed by atoms with Gasteiger partial charge in [0.2, 0.25) is 0 Å². The number of carbonyl (C=O) groups is 1. The summed E-state index contributed by atoms with van der Waals surface area (Å²) >= 11 is 0. The van der Waals surface area contributed by atoms with Crippen LogP contribution in [0.3, 0.4) is 0 Å². The lowest BCUT2D eigenvalue weighted by Gasteiger charge is -2.40. The first-order valence-corrected chi connectivity index (χ1v) is 7.78. The fourth-order valence-electron chi connectivity index (χ4n) is 3.58. The Morgan fingerprint density at radius 1 is 1.33 bits per heavy atom. The highest BCUT2D eigenvalue weighted by Crippen LogP contribution is 2.27. The standard InChI is InChI=1S/C16H20N4O/c21-16(13-5-2-6-15-14(13)9-17-19-15)18-11-3-1-4-12-7-8-20(12)10-11/h2,5-6,9,11-12H,1,3-4,7-8,10H2,(H,17,19)(H,18,21)/t11-,12?/m1/s1. The lowest BCUT2D eigenvalue weighted by Crippen LogP contribution is -2.52. The van der Waals surface area contributed by atoms with Gasteiger partial charge in [0.1, 0.15) is 0 Å². The summed E-state index contributed by atoms with van der Waals surface area (Å²) in [6.45, 7) is 2.19. The smallest absolute Gasteiger partial charge is 0.252 e. The van der Waals surface area contributed by atoms with Gasteiger partial charge in [-0.3, -0.25) is 14.8 Å². The molecular weight excluding hydrogens is 264 g/mol. The van der Waals surface area contributed by atoms with E-state index in [0.29, 0.717) is 5.56 Å². The van der Waals surface area contributed by atoms with E-state index in [9.17, 15) is 4.79 Å². The Morgan fingerprint density at radius 2 is 2.29 bits per heavy atom. The number of amides is 1. The first-order chi connectivity index (χ1) is 10.3. The van der Waals surface area contributed by atoms with Gasteiger partial charge in [-0.05, 0) is 44.4 Å². The minimum Gasteiger partial charge on any atom is -0.348 e. The Bertz CT molecular complexity index is 665. The predicted molar refractivity (Wildman–Crippen MR) is 81.2 cm³/mol. The number of aromatic amines is 1. The first-order valence-electron chi connectivity index (χ1n) is 7.78. The molecule has 1 aromatic carbocycles. The highest BCUT2D eigenvalue weighted by atomic mass is 16.1. The molecule has 2 N–H and O–H groups in total. The van der Waals surface area contributed by atoms with E-state index in [-0.39, 0.29) is 11.9 Å². The second-order valence-corrected chi connectivity index (χ2v) is 6.18. The highest BCUT2D eigenvalue weighted by molar-refractivity contribution is 6.06. The van der Waals surface area contributed by atoms with Crippen LogP contribution in [0.15, 0.2) is 24.4 Å². The van der Waals surface area contributed by atoms with E-state index >= 15 is 0 Å². The number of nitrogens with zero attached hydrogens (tertiary/aromatic N) is 2. The van der Waals surface area contributed by atoms with Crippen LogP contribution in [0, 0.1) is 0 Å². The number of hydrogen-bond donors (Lipinski definition) is 2. The minimum atomic E-state index is 0.0194. The van der Waals surface area contributed by atoms with Crippen molar-refractivity contribution in [2.75, 3.05) is 13.1 Å². The normalized spacial score (nSPS) is 25.9. The van der Waals surface area contributed by atoms with Crippen LogP contribution in [0.2, 0.25) is 0 Å². The summed E-state index contributed by atoms with van der Waals surface area (Å²) in [7, 11) is 0. The molecule has 5 nitrogen and oxygen atoms in total. The maximum Gasteiger partial charge on any atom is 0.252 e. The zero-order chi connectivity index (χ0) is 14.2. The largest absolute Gasteiger partial charge is 0.348 e. The SMILES string of the molecule is O=C(N[C@@H]1CCCC2CCN2C1)c1cccc2[nH]ncc12. The number of H-pyrrole nitrogens is 1. The van der Waals surface area contributed by atoms with E-state index in [0.717, 1.165) is 29.9 Å². The van der Waals surface area contributed by atoms with Crippen LogP contribution >= 0.6 is 0 Å². The van der Waals surface area contributed by atoms with Crippen molar-refractivity contribution in [3.05, 3.63) is 30.0 Å². The van der Waals surface area contributed by atoms with Gasteiger partial charge < -0.3 is 5.32 Å². The van der Waals surface area contributed by atoms with Crippen molar-refractivity contribution in [1.82, 2.24) is 20.4 Å². The summed E-state index contributed by atoms with van der Waals surface area (Å²) in [6.07, 6.45) is 6.63. The van der Waals surface area contributed by atoms with Crippen LogP contribution in [-0.2, 0) is 0 Å². The molecule has 1 unspecified atom stereocenters. The summed E-state index contributed by atoms with van der Waals surface area (Å²) in [6, 6.07) is 6.74. The molecule has 21 heavy (non-hydrogen) atoms. The zero-order valence-electron chi connectivity index (χ0n) is 12.0. The van der Waals surface area contributed by atoms with Gasteiger partial charge in [0, 0.05) is 24.0 Å². The highest BCUT2D eigenvalue weighted by Gasteiger charge is 2.32. The Kier molecular flexibility index (Phi) is 3.15. The van der Waals surface area contributed by atoms with Gasteiger partial charge >= 0.3 is 0 Å². The molecule has 4 rings (SSSR count). The number of fused-ring (bicyclic) bond motifs is 2. The summed E-state index contributed by atoms with van der Waals surface area (Å²) in [5.41, 5.74) is 1.62. The number of rotatable bonds is 2. The van der Waals surface area contributed by atoms with Gasteiger partial charge in [-0.1, -0.05) is 6.07 Å². The van der Waals surface area contributed by atoms with Crippen LogP contribution in [-0.4, -0.2) is 46.2 Å². The van der Waals surface area contributed by atoms with Crippen molar-refractivity contribution in [3.8, 4) is 0 Å².